The Labute approximate surface area is 161 Å². The van der Waals surface area contributed by atoms with Crippen LogP contribution >= 0.6 is 0 Å². The monoisotopic (exact) mass is 377 g/mol. The first-order valence-corrected chi connectivity index (χ1v) is 8.94. The largest absolute Gasteiger partial charge is 0.496 e. The minimum atomic E-state index is -0.355. The SMILES string of the molecule is COc1cc(C(=O)N2CCCN2C(=O)c2cnc(C)cn2)nc2ccccc12. The van der Waals surface area contributed by atoms with Crippen LogP contribution in [0.4, 0.5) is 0 Å². The van der Waals surface area contributed by atoms with Crippen molar-refractivity contribution < 1.29 is 14.3 Å². The average molecular weight is 377 g/mol. The van der Waals surface area contributed by atoms with Gasteiger partial charge in [0.1, 0.15) is 17.1 Å². The number of hydrazine groups is 1. The van der Waals surface area contributed by atoms with E-state index in [0.717, 1.165) is 11.1 Å². The maximum Gasteiger partial charge on any atom is 0.292 e. The topological polar surface area (TPSA) is 88.5 Å². The number of aryl methyl sites for hydroxylation is 1. The van der Waals surface area contributed by atoms with Gasteiger partial charge in [-0.25, -0.2) is 20.0 Å². The molecule has 4 rings (SSSR count). The number of methoxy groups -OCH3 is 1. The summed E-state index contributed by atoms with van der Waals surface area (Å²) in [5, 5.41) is 3.65. The lowest BCUT2D eigenvalue weighted by Crippen LogP contribution is -2.45. The predicted molar refractivity (Wildman–Crippen MR) is 102 cm³/mol. The summed E-state index contributed by atoms with van der Waals surface area (Å²) in [6, 6.07) is 9.06. The van der Waals surface area contributed by atoms with E-state index in [4.69, 9.17) is 4.74 Å². The minimum Gasteiger partial charge on any atom is -0.496 e. The summed E-state index contributed by atoms with van der Waals surface area (Å²) < 4.78 is 5.43. The van der Waals surface area contributed by atoms with Crippen molar-refractivity contribution >= 4 is 22.7 Å². The van der Waals surface area contributed by atoms with E-state index in [2.05, 4.69) is 15.0 Å². The molecule has 2 amide bonds. The number of ether oxygens (including phenoxy) is 1. The van der Waals surface area contributed by atoms with Crippen molar-refractivity contribution in [2.24, 2.45) is 0 Å². The van der Waals surface area contributed by atoms with E-state index < -0.39 is 0 Å². The van der Waals surface area contributed by atoms with Gasteiger partial charge < -0.3 is 4.74 Å². The maximum absolute atomic E-state index is 13.1. The van der Waals surface area contributed by atoms with E-state index in [0.29, 0.717) is 30.8 Å². The third-order valence-corrected chi connectivity index (χ3v) is 4.62. The van der Waals surface area contributed by atoms with Crippen LogP contribution in [0, 0.1) is 6.92 Å². The number of nitrogens with zero attached hydrogens (tertiary/aromatic N) is 5. The quantitative estimate of drug-likeness (QED) is 0.696. The van der Waals surface area contributed by atoms with E-state index in [-0.39, 0.29) is 23.2 Å². The number of fused-ring (bicyclic) bond motifs is 1. The van der Waals surface area contributed by atoms with Gasteiger partial charge in [0.05, 0.1) is 24.5 Å². The number of amides is 2. The van der Waals surface area contributed by atoms with Gasteiger partial charge in [-0.15, -0.1) is 0 Å². The van der Waals surface area contributed by atoms with Crippen LogP contribution in [0.1, 0.15) is 33.1 Å². The molecule has 28 heavy (non-hydrogen) atoms. The molecule has 0 saturated carbocycles. The van der Waals surface area contributed by atoms with Crippen molar-refractivity contribution in [3.8, 4) is 5.75 Å². The standard InChI is InChI=1S/C20H19N5O3/c1-13-11-22-17(12-21-13)20(27)25-9-5-8-24(25)19(26)16-10-18(28-2)14-6-3-4-7-15(14)23-16/h3-4,6-7,10-12H,5,8-9H2,1-2H3. The highest BCUT2D eigenvalue weighted by Crippen LogP contribution is 2.26. The van der Waals surface area contributed by atoms with Gasteiger partial charge in [0.15, 0.2) is 0 Å². The lowest BCUT2D eigenvalue weighted by atomic mass is 10.1. The van der Waals surface area contributed by atoms with Crippen molar-refractivity contribution in [2.75, 3.05) is 20.2 Å². The molecule has 8 heteroatoms. The second-order valence-electron chi connectivity index (χ2n) is 6.48. The zero-order valence-corrected chi connectivity index (χ0v) is 15.6. The van der Waals surface area contributed by atoms with Crippen molar-refractivity contribution in [2.45, 2.75) is 13.3 Å². The van der Waals surface area contributed by atoms with E-state index in [1.54, 1.807) is 20.1 Å². The summed E-state index contributed by atoms with van der Waals surface area (Å²) in [4.78, 5) is 38.7. The molecule has 0 bridgehead atoms. The van der Waals surface area contributed by atoms with Gasteiger partial charge in [-0.3, -0.25) is 14.6 Å². The lowest BCUT2D eigenvalue weighted by molar-refractivity contribution is 0.0178. The number of carbonyl (C=O) groups excluding carboxylic acids is 2. The molecule has 1 aromatic carbocycles. The van der Waals surface area contributed by atoms with E-state index in [1.807, 2.05) is 24.3 Å². The second-order valence-corrected chi connectivity index (χ2v) is 6.48. The van der Waals surface area contributed by atoms with E-state index in [9.17, 15) is 9.59 Å². The lowest BCUT2D eigenvalue weighted by Gasteiger charge is -2.27. The summed E-state index contributed by atoms with van der Waals surface area (Å²) >= 11 is 0. The molecule has 0 atom stereocenters. The fraction of sp³-hybridized carbons (Fsp3) is 0.250. The highest BCUT2D eigenvalue weighted by molar-refractivity contribution is 5.99. The molecule has 1 saturated heterocycles. The molecule has 142 valence electrons. The van der Waals surface area contributed by atoms with E-state index >= 15 is 0 Å². The molecule has 0 unspecified atom stereocenters. The first-order chi connectivity index (χ1) is 13.6. The normalized spacial score (nSPS) is 13.8. The number of aromatic nitrogens is 3. The third-order valence-electron chi connectivity index (χ3n) is 4.62. The van der Waals surface area contributed by atoms with Crippen LogP contribution in [0.25, 0.3) is 10.9 Å². The van der Waals surface area contributed by atoms with Gasteiger partial charge in [0.2, 0.25) is 0 Å². The fourth-order valence-electron chi connectivity index (χ4n) is 3.22. The van der Waals surface area contributed by atoms with Gasteiger partial charge in [-0.2, -0.15) is 0 Å². The molecule has 1 fully saturated rings. The summed E-state index contributed by atoms with van der Waals surface area (Å²) in [5.74, 6) is -0.142. The number of rotatable bonds is 3. The molecule has 3 aromatic rings. The molecule has 1 aliphatic heterocycles. The Morgan fingerprint density at radius 3 is 2.39 bits per heavy atom. The summed E-state index contributed by atoms with van der Waals surface area (Å²) in [7, 11) is 1.55. The Bertz CT molecular complexity index is 1050. The highest BCUT2D eigenvalue weighted by Gasteiger charge is 2.33. The first kappa shape index (κ1) is 17.8. The Kier molecular flexibility index (Phi) is 4.60. The third kappa shape index (κ3) is 3.13. The smallest absolute Gasteiger partial charge is 0.292 e. The van der Waals surface area contributed by atoms with Crippen LogP contribution in [0.3, 0.4) is 0 Å². The predicted octanol–water partition coefficient (Wildman–Crippen LogP) is 2.25. The van der Waals surface area contributed by atoms with Gasteiger partial charge in [-0.05, 0) is 25.5 Å². The Balaban J connectivity index is 1.66. The van der Waals surface area contributed by atoms with Gasteiger partial charge >= 0.3 is 0 Å². The molecule has 0 aliphatic carbocycles. The van der Waals surface area contributed by atoms with Crippen LogP contribution < -0.4 is 4.74 Å². The first-order valence-electron chi connectivity index (χ1n) is 8.94. The molecular weight excluding hydrogens is 358 g/mol. The Morgan fingerprint density at radius 2 is 1.71 bits per heavy atom. The highest BCUT2D eigenvalue weighted by atomic mass is 16.5. The molecule has 0 spiro atoms. The molecular formula is C20H19N5O3. The zero-order valence-electron chi connectivity index (χ0n) is 15.6. The van der Waals surface area contributed by atoms with Crippen LogP contribution in [-0.2, 0) is 0 Å². The van der Waals surface area contributed by atoms with Crippen LogP contribution in [0.2, 0.25) is 0 Å². The van der Waals surface area contributed by atoms with Crippen molar-refractivity contribution in [3.63, 3.8) is 0 Å². The minimum absolute atomic E-state index is 0.203. The number of para-hydroxylation sites is 1. The maximum atomic E-state index is 13.1. The Hall–Kier alpha value is -3.55. The molecule has 2 aromatic heterocycles. The summed E-state index contributed by atoms with van der Waals surface area (Å²) in [6.07, 6.45) is 3.64. The molecule has 3 heterocycles. The number of hydrogen-bond donors (Lipinski definition) is 0. The number of hydrogen-bond acceptors (Lipinski definition) is 6. The fourth-order valence-corrected chi connectivity index (χ4v) is 3.22. The van der Waals surface area contributed by atoms with E-state index in [1.165, 1.54) is 22.4 Å². The Morgan fingerprint density at radius 1 is 1.00 bits per heavy atom. The molecule has 8 nitrogen and oxygen atoms in total. The van der Waals surface area contributed by atoms with Gasteiger partial charge in [0.25, 0.3) is 11.8 Å². The average Bonchev–Trinajstić information content (AvgIpc) is 3.22. The van der Waals surface area contributed by atoms with Crippen molar-refractivity contribution in [1.82, 2.24) is 25.0 Å². The molecule has 0 N–H and O–H groups in total. The van der Waals surface area contributed by atoms with Crippen LogP contribution in [0.15, 0.2) is 42.7 Å². The van der Waals surface area contributed by atoms with Gasteiger partial charge in [-0.1, -0.05) is 12.1 Å². The number of carbonyl (C=O) groups is 2. The van der Waals surface area contributed by atoms with Gasteiger partial charge in [0, 0.05) is 30.7 Å². The van der Waals surface area contributed by atoms with Crippen LogP contribution in [0.5, 0.6) is 5.75 Å². The zero-order chi connectivity index (χ0) is 19.7. The van der Waals surface area contributed by atoms with Crippen molar-refractivity contribution in [3.05, 3.63) is 59.8 Å². The second kappa shape index (κ2) is 7.22. The summed E-state index contributed by atoms with van der Waals surface area (Å²) in [5.41, 5.74) is 1.81. The van der Waals surface area contributed by atoms with Crippen molar-refractivity contribution in [1.29, 1.82) is 0 Å². The summed E-state index contributed by atoms with van der Waals surface area (Å²) in [6.45, 7) is 2.66. The number of benzene rings is 1. The number of pyridine rings is 1. The molecule has 1 aliphatic rings. The van der Waals surface area contributed by atoms with Crippen LogP contribution in [-0.4, -0.2) is 57.0 Å². The molecule has 0 radical (unpaired) electrons.